The van der Waals surface area contributed by atoms with E-state index in [1.807, 2.05) is 6.07 Å². The minimum atomic E-state index is -3.72. The number of nitrogens with two attached hydrogens (primary N) is 1. The number of sulfonamides is 1. The van der Waals surface area contributed by atoms with Crippen LogP contribution in [-0.2, 0) is 44.8 Å². The van der Waals surface area contributed by atoms with E-state index in [0.717, 1.165) is 17.8 Å². The molecular weight excluding hydrogens is 1010 g/mol. The highest BCUT2D eigenvalue weighted by atomic mass is 35.7. The lowest BCUT2D eigenvalue weighted by Gasteiger charge is -2.16. The lowest BCUT2D eigenvalue weighted by molar-refractivity contribution is 0.101. The molecule has 12 nitrogen and oxygen atoms in total. The first-order chi connectivity index (χ1) is 31.8. The number of aryl methyl sites for hydroxylation is 2. The van der Waals surface area contributed by atoms with Crippen molar-refractivity contribution in [3.63, 3.8) is 0 Å². The number of rotatable bonds is 12. The minimum Gasteiger partial charge on any atom is -0.324 e. The van der Waals surface area contributed by atoms with Crippen molar-refractivity contribution in [2.45, 2.75) is 50.6 Å². The maximum atomic E-state index is 14.7. The molecule has 2 aliphatic carbocycles. The molecule has 0 radical (unpaired) electrons. The number of nitrogens with zero attached hydrogens (tertiary/aromatic N) is 2. The van der Waals surface area contributed by atoms with E-state index >= 15 is 0 Å². The third kappa shape index (κ3) is 14.7. The zero-order valence-electron chi connectivity index (χ0n) is 35.5. The number of carbonyl (C=O) groups excluding carboxylic acids is 2. The fourth-order valence-electron chi connectivity index (χ4n) is 7.39. The van der Waals surface area contributed by atoms with Crippen LogP contribution in [0.25, 0.3) is 0 Å². The van der Waals surface area contributed by atoms with Gasteiger partial charge in [-0.1, -0.05) is 35.3 Å². The summed E-state index contributed by atoms with van der Waals surface area (Å²) in [6.45, 7) is 0. The molecule has 0 saturated heterocycles. The summed E-state index contributed by atoms with van der Waals surface area (Å²) in [5.41, 5.74) is 10.2. The third-order valence-corrected chi connectivity index (χ3v) is 13.7. The molecule has 2 amide bonds. The number of hydrogen-bond acceptors (Lipinski definition) is 9. The van der Waals surface area contributed by atoms with Crippen LogP contribution in [0.2, 0.25) is 10.0 Å². The van der Waals surface area contributed by atoms with Gasteiger partial charge in [0.2, 0.25) is 19.1 Å². The summed E-state index contributed by atoms with van der Waals surface area (Å²) in [4.78, 5) is 33.3. The lowest BCUT2D eigenvalue weighted by atomic mass is 10.0. The van der Waals surface area contributed by atoms with E-state index in [-0.39, 0.29) is 69.1 Å². The van der Waals surface area contributed by atoms with Crippen molar-refractivity contribution in [3.05, 3.63) is 188 Å². The van der Waals surface area contributed by atoms with Gasteiger partial charge in [0.05, 0.1) is 27.6 Å². The van der Waals surface area contributed by atoms with Crippen molar-refractivity contribution in [2.24, 2.45) is 5.73 Å². The van der Waals surface area contributed by atoms with Gasteiger partial charge in [-0.15, -0.1) is 12.4 Å². The SMILES string of the molecule is Cl.N[C@H]1CCc2c(C(=O)Nc3ccc(F)c(Cl)c3)ccc(F)c21.O=C(Nc1ccc(F)c(Cl)c1)c1ccc(F)c2c1CC[C@@H]2NS(=O)(=O)CCc1ccccn1.O=S(=O)(Cl)CCc1ccccn1. The van der Waals surface area contributed by atoms with Crippen LogP contribution in [0.3, 0.4) is 0 Å². The molecule has 2 heterocycles. The maximum absolute atomic E-state index is 14.7. The molecule has 0 unspecified atom stereocenters. The van der Waals surface area contributed by atoms with Crippen LogP contribution in [0.1, 0.15) is 79.3 Å². The van der Waals surface area contributed by atoms with Gasteiger partial charge in [0, 0.05) is 87.0 Å². The number of pyridine rings is 2. The molecule has 0 bridgehead atoms. The molecule has 0 spiro atoms. The molecule has 0 saturated carbocycles. The van der Waals surface area contributed by atoms with Crippen molar-refractivity contribution < 1.29 is 44.0 Å². The van der Waals surface area contributed by atoms with E-state index < -0.39 is 54.4 Å². The second kappa shape index (κ2) is 23.9. The third-order valence-electron chi connectivity index (χ3n) is 10.6. The van der Waals surface area contributed by atoms with E-state index in [2.05, 4.69) is 25.3 Å². The molecule has 4 aromatic carbocycles. The molecule has 6 aromatic rings. The number of aromatic nitrogens is 2. The Balaban J connectivity index is 0.000000212. The van der Waals surface area contributed by atoms with Crippen molar-refractivity contribution in [2.75, 3.05) is 22.1 Å². The minimum absolute atomic E-state index is 0. The highest BCUT2D eigenvalue weighted by Crippen LogP contribution is 2.37. The molecule has 22 heteroatoms. The average Bonchev–Trinajstić information content (AvgIpc) is 3.90. The molecule has 0 aliphatic heterocycles. The normalized spacial score (nSPS) is 14.8. The summed E-state index contributed by atoms with van der Waals surface area (Å²) in [5, 5.41) is 5.03. The Morgan fingerprint density at radius 3 is 1.56 bits per heavy atom. The molecule has 2 atom stereocenters. The Kier molecular flexibility index (Phi) is 18.9. The maximum Gasteiger partial charge on any atom is 0.255 e. The monoisotopic (exact) mass is 1050 g/mol. The number of anilines is 2. The second-order valence-electron chi connectivity index (χ2n) is 15.2. The number of carbonyl (C=O) groups is 2. The van der Waals surface area contributed by atoms with Crippen molar-refractivity contribution in [1.29, 1.82) is 0 Å². The standard InChI is InChI=1S/C23H20ClF2N3O3S.C16H13ClF2N2O.C7H8ClNO2S.ClH/c24-18-13-15(4-7-19(18)25)28-23(30)17-5-8-20(26)22-16(17)6-9-21(22)29-33(31,32)12-10-14-3-1-2-11-27-14;17-11-7-8(1-4-12(11)18)21-16(22)10-2-5-13(19)15-9(10)3-6-14(15)20;8-12(10,11)6-4-7-3-1-2-5-9-7;/h1-5,7-8,11,13,21,29H,6,9-10,12H2,(H,28,30);1-2,4-5,7,14H,3,6,20H2,(H,21,22);1-3,5H,4,6H2;1H/t21-;14-;;/m00../s1. The Bertz CT molecular complexity index is 3000. The Morgan fingerprint density at radius 1 is 0.632 bits per heavy atom. The van der Waals surface area contributed by atoms with E-state index in [4.69, 9.17) is 39.6 Å². The molecule has 2 aliphatic rings. The van der Waals surface area contributed by atoms with Gasteiger partial charge in [0.15, 0.2) is 0 Å². The Labute approximate surface area is 410 Å². The van der Waals surface area contributed by atoms with Crippen LogP contribution in [0.5, 0.6) is 0 Å². The van der Waals surface area contributed by atoms with Gasteiger partial charge in [-0.05, 0) is 122 Å². The van der Waals surface area contributed by atoms with Crippen molar-refractivity contribution in [1.82, 2.24) is 14.7 Å². The molecule has 5 N–H and O–H groups in total. The number of fused-ring (bicyclic) bond motifs is 2. The van der Waals surface area contributed by atoms with Crippen LogP contribution in [0.4, 0.5) is 28.9 Å². The summed E-state index contributed by atoms with van der Waals surface area (Å²) in [6, 6.07) is 22.3. The largest absolute Gasteiger partial charge is 0.324 e. The van der Waals surface area contributed by atoms with Crippen LogP contribution in [0.15, 0.2) is 109 Å². The van der Waals surface area contributed by atoms with E-state index in [0.29, 0.717) is 65.7 Å². The summed E-state index contributed by atoms with van der Waals surface area (Å²) < 4.78 is 104. The van der Waals surface area contributed by atoms with Gasteiger partial charge in [-0.2, -0.15) is 0 Å². The molecule has 8 rings (SSSR count). The highest BCUT2D eigenvalue weighted by molar-refractivity contribution is 8.13. The first-order valence-electron chi connectivity index (χ1n) is 20.4. The van der Waals surface area contributed by atoms with Crippen molar-refractivity contribution in [3.8, 4) is 0 Å². The first-order valence-corrected chi connectivity index (χ1v) is 25.3. The quantitative estimate of drug-likeness (QED) is 0.0683. The number of nitrogens with one attached hydrogen (secondary N) is 3. The number of benzene rings is 4. The summed E-state index contributed by atoms with van der Waals surface area (Å²) in [7, 11) is -2.08. The van der Waals surface area contributed by atoms with Crippen LogP contribution < -0.4 is 21.1 Å². The summed E-state index contributed by atoms with van der Waals surface area (Å²) in [6.07, 6.45) is 5.61. The van der Waals surface area contributed by atoms with Crippen LogP contribution in [0, 0.1) is 23.3 Å². The molecular formula is C46H42Cl4F4N6O6S2. The number of hydrogen-bond donors (Lipinski definition) is 4. The van der Waals surface area contributed by atoms with Gasteiger partial charge in [-0.3, -0.25) is 19.6 Å². The predicted molar refractivity (Wildman–Crippen MR) is 258 cm³/mol. The number of amides is 2. The second-order valence-corrected chi connectivity index (χ2v) is 20.8. The molecule has 0 fully saturated rings. The molecule has 68 heavy (non-hydrogen) atoms. The van der Waals surface area contributed by atoms with Crippen molar-refractivity contribution >= 4 is 88.6 Å². The fourth-order valence-corrected chi connectivity index (χ4v) is 9.70. The highest BCUT2D eigenvalue weighted by Gasteiger charge is 2.33. The van der Waals surface area contributed by atoms with Gasteiger partial charge in [-0.25, -0.2) is 39.1 Å². The van der Waals surface area contributed by atoms with E-state index in [1.54, 1.807) is 42.7 Å². The lowest BCUT2D eigenvalue weighted by Crippen LogP contribution is -2.31. The molecule has 2 aromatic heterocycles. The zero-order valence-corrected chi connectivity index (χ0v) is 40.2. The molecule has 360 valence electrons. The summed E-state index contributed by atoms with van der Waals surface area (Å²) in [5.74, 6) is -3.32. The van der Waals surface area contributed by atoms with Crippen LogP contribution in [-0.4, -0.2) is 50.1 Å². The van der Waals surface area contributed by atoms with Gasteiger partial charge >= 0.3 is 0 Å². The number of halogens is 8. The summed E-state index contributed by atoms with van der Waals surface area (Å²) >= 11 is 11.4. The first kappa shape index (κ1) is 53.8. The van der Waals surface area contributed by atoms with Crippen LogP contribution >= 0.6 is 46.3 Å². The smallest absolute Gasteiger partial charge is 0.255 e. The fraction of sp³-hybridized carbons (Fsp3) is 0.217. The Morgan fingerprint density at radius 2 is 1.09 bits per heavy atom. The topological polar surface area (TPSA) is 190 Å². The van der Waals surface area contributed by atoms with Gasteiger partial charge in [0.25, 0.3) is 11.8 Å². The average molecular weight is 1060 g/mol. The van der Waals surface area contributed by atoms with E-state index in [1.165, 1.54) is 48.5 Å². The van der Waals surface area contributed by atoms with E-state index in [9.17, 15) is 44.0 Å². The zero-order chi connectivity index (χ0) is 48.5. The predicted octanol–water partition coefficient (Wildman–Crippen LogP) is 9.85. The Hall–Kier alpha value is -5.18. The van der Waals surface area contributed by atoms with Gasteiger partial charge < -0.3 is 16.4 Å². The van der Waals surface area contributed by atoms with Gasteiger partial charge in [0.1, 0.15) is 23.3 Å².